The van der Waals surface area contributed by atoms with Crippen LogP contribution in [0.4, 0.5) is 5.69 Å². The van der Waals surface area contributed by atoms with Crippen molar-refractivity contribution in [1.82, 2.24) is 10.2 Å². The Morgan fingerprint density at radius 1 is 1.00 bits per heavy atom. The summed E-state index contributed by atoms with van der Waals surface area (Å²) in [6, 6.07) is 25.8. The third-order valence-corrected chi connectivity index (χ3v) is 6.19. The molecule has 3 aromatic carbocycles. The van der Waals surface area contributed by atoms with Gasteiger partial charge in [0.15, 0.2) is 0 Å². The highest BCUT2D eigenvalue weighted by Gasteiger charge is 2.40. The second-order valence-corrected chi connectivity index (χ2v) is 8.55. The zero-order valence-electron chi connectivity index (χ0n) is 19.5. The van der Waals surface area contributed by atoms with E-state index in [1.807, 2.05) is 89.8 Å². The molecule has 0 aliphatic carbocycles. The van der Waals surface area contributed by atoms with Crippen molar-refractivity contribution < 1.29 is 9.59 Å². The van der Waals surface area contributed by atoms with Gasteiger partial charge in [-0.2, -0.15) is 0 Å². The summed E-state index contributed by atoms with van der Waals surface area (Å²) in [4.78, 5) is 29.2. The highest BCUT2D eigenvalue weighted by molar-refractivity contribution is 6.01. The van der Waals surface area contributed by atoms with Gasteiger partial charge in [-0.1, -0.05) is 98.8 Å². The van der Waals surface area contributed by atoms with Crippen LogP contribution in [-0.2, 0) is 16.0 Å². The predicted octanol–water partition coefficient (Wildman–Crippen LogP) is 5.18. The summed E-state index contributed by atoms with van der Waals surface area (Å²) in [5.41, 5.74) is 4.01. The number of rotatable bonds is 8. The fourth-order valence-corrected chi connectivity index (χ4v) is 4.44. The van der Waals surface area contributed by atoms with Gasteiger partial charge in [-0.3, -0.25) is 9.59 Å². The van der Waals surface area contributed by atoms with Gasteiger partial charge in [0.2, 0.25) is 11.8 Å². The van der Waals surface area contributed by atoms with E-state index in [0.717, 1.165) is 29.5 Å². The molecule has 1 heterocycles. The minimum absolute atomic E-state index is 0.133. The van der Waals surface area contributed by atoms with E-state index < -0.39 is 12.1 Å². The number of hydrogen-bond donors (Lipinski definition) is 2. The molecule has 1 aliphatic rings. The van der Waals surface area contributed by atoms with Crippen LogP contribution in [0.5, 0.6) is 0 Å². The highest BCUT2D eigenvalue weighted by Crippen LogP contribution is 2.38. The van der Waals surface area contributed by atoms with Crippen molar-refractivity contribution >= 4 is 23.2 Å². The third-order valence-electron chi connectivity index (χ3n) is 6.19. The summed E-state index contributed by atoms with van der Waals surface area (Å²) < 4.78 is 0. The van der Waals surface area contributed by atoms with Crippen LogP contribution in [0.2, 0.25) is 0 Å². The number of nitrogens with one attached hydrogen (secondary N) is 2. The number of carbonyl (C=O) groups is 2. The number of para-hydroxylation sites is 1. The number of hydrogen-bond acceptors (Lipinski definition) is 3. The smallest absolute Gasteiger partial charge is 0.247 e. The Morgan fingerprint density at radius 3 is 2.35 bits per heavy atom. The molecule has 5 nitrogen and oxygen atoms in total. The fourth-order valence-electron chi connectivity index (χ4n) is 4.44. The molecule has 174 valence electrons. The van der Waals surface area contributed by atoms with E-state index in [4.69, 9.17) is 0 Å². The number of carbonyl (C=O) groups excluding carboxylic acids is 2. The SMILES string of the molecule is C=C1c2ccccc2NC(=O)C(Cc2ccccc2)N1C(C(=O)NCCCC)c1ccccc1. The molecule has 0 spiro atoms. The molecule has 2 atom stereocenters. The van der Waals surface area contributed by atoms with Crippen LogP contribution in [-0.4, -0.2) is 29.3 Å². The van der Waals surface area contributed by atoms with Gasteiger partial charge in [-0.05, 0) is 23.6 Å². The van der Waals surface area contributed by atoms with Crippen LogP contribution in [0.1, 0.15) is 42.5 Å². The van der Waals surface area contributed by atoms with Gasteiger partial charge in [0.25, 0.3) is 0 Å². The van der Waals surface area contributed by atoms with Crippen LogP contribution in [0.25, 0.3) is 5.70 Å². The van der Waals surface area contributed by atoms with Gasteiger partial charge in [-0.15, -0.1) is 0 Å². The first-order valence-corrected chi connectivity index (χ1v) is 11.8. The van der Waals surface area contributed by atoms with Gasteiger partial charge in [-0.25, -0.2) is 0 Å². The van der Waals surface area contributed by atoms with Gasteiger partial charge >= 0.3 is 0 Å². The maximum Gasteiger partial charge on any atom is 0.247 e. The first-order chi connectivity index (χ1) is 16.6. The molecule has 0 fully saturated rings. The molecule has 0 saturated heterocycles. The lowest BCUT2D eigenvalue weighted by Gasteiger charge is -2.38. The van der Waals surface area contributed by atoms with Crippen LogP contribution < -0.4 is 10.6 Å². The molecule has 0 radical (unpaired) electrons. The Hall–Kier alpha value is -3.86. The lowest BCUT2D eigenvalue weighted by atomic mass is 9.96. The predicted molar refractivity (Wildman–Crippen MR) is 137 cm³/mol. The monoisotopic (exact) mass is 453 g/mol. The summed E-state index contributed by atoms with van der Waals surface area (Å²) >= 11 is 0. The zero-order valence-corrected chi connectivity index (χ0v) is 19.5. The van der Waals surface area contributed by atoms with E-state index in [0.29, 0.717) is 24.4 Å². The van der Waals surface area contributed by atoms with E-state index in [1.165, 1.54) is 0 Å². The zero-order chi connectivity index (χ0) is 23.9. The number of amides is 2. The summed E-state index contributed by atoms with van der Waals surface area (Å²) in [5, 5.41) is 6.17. The Balaban J connectivity index is 1.83. The topological polar surface area (TPSA) is 61.4 Å². The third kappa shape index (κ3) is 5.04. The van der Waals surface area contributed by atoms with Crippen molar-refractivity contribution in [2.45, 2.75) is 38.3 Å². The van der Waals surface area contributed by atoms with Crippen molar-refractivity contribution in [3.8, 4) is 0 Å². The Morgan fingerprint density at radius 2 is 1.65 bits per heavy atom. The minimum atomic E-state index is -0.698. The Bertz CT molecular complexity index is 1140. The van der Waals surface area contributed by atoms with Crippen molar-refractivity contribution in [2.75, 3.05) is 11.9 Å². The molecule has 0 saturated carbocycles. The molecule has 1 aliphatic heterocycles. The van der Waals surface area contributed by atoms with Gasteiger partial charge in [0.1, 0.15) is 12.1 Å². The minimum Gasteiger partial charge on any atom is -0.354 e. The van der Waals surface area contributed by atoms with E-state index >= 15 is 0 Å². The normalized spacial score (nSPS) is 16.3. The second-order valence-electron chi connectivity index (χ2n) is 8.55. The van der Waals surface area contributed by atoms with E-state index in [9.17, 15) is 9.59 Å². The summed E-state index contributed by atoms with van der Waals surface area (Å²) in [5.74, 6) is -0.289. The van der Waals surface area contributed by atoms with E-state index in [-0.39, 0.29) is 11.8 Å². The van der Waals surface area contributed by atoms with Gasteiger partial charge < -0.3 is 15.5 Å². The van der Waals surface area contributed by atoms with E-state index in [1.54, 1.807) is 0 Å². The average Bonchev–Trinajstić information content (AvgIpc) is 2.96. The second kappa shape index (κ2) is 10.8. The van der Waals surface area contributed by atoms with Gasteiger partial charge in [0.05, 0.1) is 5.69 Å². The van der Waals surface area contributed by atoms with Crippen molar-refractivity contribution in [2.24, 2.45) is 0 Å². The van der Waals surface area contributed by atoms with Crippen LogP contribution in [0, 0.1) is 0 Å². The first kappa shape index (κ1) is 23.3. The van der Waals surface area contributed by atoms with Crippen LogP contribution in [0.15, 0.2) is 91.5 Å². The van der Waals surface area contributed by atoms with Crippen LogP contribution in [0.3, 0.4) is 0 Å². The summed E-state index contributed by atoms with van der Waals surface area (Å²) in [6.45, 7) is 7.08. The molecule has 2 amide bonds. The fraction of sp³-hybridized carbons (Fsp3) is 0.241. The molecule has 0 bridgehead atoms. The lowest BCUT2D eigenvalue weighted by Crippen LogP contribution is -2.49. The standard InChI is InChI=1S/C29H31N3O2/c1-3-4-19-30-29(34)27(23-15-9-6-10-16-23)32-21(2)24-17-11-12-18-25(24)31-28(33)26(32)20-22-13-7-5-8-14-22/h5-18,26-27H,2-4,19-20H2,1H3,(H,30,34)(H,31,33). The number of anilines is 1. The Kier molecular flexibility index (Phi) is 7.43. The quantitative estimate of drug-likeness (QED) is 0.462. The van der Waals surface area contributed by atoms with Crippen molar-refractivity contribution in [3.63, 3.8) is 0 Å². The lowest BCUT2D eigenvalue weighted by molar-refractivity contribution is -0.128. The molecule has 3 aromatic rings. The maximum atomic E-state index is 13.7. The highest BCUT2D eigenvalue weighted by atomic mass is 16.2. The molecule has 2 N–H and O–H groups in total. The summed E-state index contributed by atoms with van der Waals surface area (Å²) in [7, 11) is 0. The van der Waals surface area contributed by atoms with E-state index in [2.05, 4.69) is 24.1 Å². The number of nitrogens with zero attached hydrogens (tertiary/aromatic N) is 1. The molecule has 4 rings (SSSR count). The van der Waals surface area contributed by atoms with Crippen molar-refractivity contribution in [3.05, 3.63) is 108 Å². The molecular formula is C29H31N3O2. The molecule has 2 unspecified atom stereocenters. The average molecular weight is 454 g/mol. The van der Waals surface area contributed by atoms with Crippen molar-refractivity contribution in [1.29, 1.82) is 0 Å². The molecule has 34 heavy (non-hydrogen) atoms. The summed E-state index contributed by atoms with van der Waals surface area (Å²) in [6.07, 6.45) is 2.33. The van der Waals surface area contributed by atoms with Gasteiger partial charge in [0, 0.05) is 24.2 Å². The van der Waals surface area contributed by atoms with Crippen LogP contribution >= 0.6 is 0 Å². The number of fused-ring (bicyclic) bond motifs is 1. The number of benzene rings is 3. The first-order valence-electron chi connectivity index (χ1n) is 11.8. The molecule has 0 aromatic heterocycles. The largest absolute Gasteiger partial charge is 0.354 e. The Labute approximate surface area is 201 Å². The maximum absolute atomic E-state index is 13.7. The molecule has 5 heteroatoms. The molecular weight excluding hydrogens is 422 g/mol. The number of unbranched alkanes of at least 4 members (excludes halogenated alkanes) is 1.